The Morgan fingerprint density at radius 2 is 2.33 bits per heavy atom. The van der Waals surface area contributed by atoms with Gasteiger partial charge in [-0.05, 0) is 18.6 Å². The molecule has 0 fully saturated rings. The Kier molecular flexibility index (Phi) is 3.35. The quantitative estimate of drug-likeness (QED) is 0.749. The van der Waals surface area contributed by atoms with Gasteiger partial charge < -0.3 is 9.52 Å². The van der Waals surface area contributed by atoms with Crippen molar-refractivity contribution in [2.24, 2.45) is 0 Å². The SMILES string of the molecule is CCC[C@H](O)[C@H](C)c1ccco1. The minimum atomic E-state index is -0.277. The maximum atomic E-state index is 9.63. The van der Waals surface area contributed by atoms with Gasteiger partial charge in [-0.15, -0.1) is 0 Å². The van der Waals surface area contributed by atoms with E-state index in [1.54, 1.807) is 6.26 Å². The molecule has 1 N–H and O–H groups in total. The molecular formula is C10H16O2. The number of hydrogen-bond acceptors (Lipinski definition) is 2. The predicted octanol–water partition coefficient (Wildman–Crippen LogP) is 2.54. The Labute approximate surface area is 73.2 Å². The van der Waals surface area contributed by atoms with Crippen molar-refractivity contribution in [1.29, 1.82) is 0 Å². The van der Waals surface area contributed by atoms with Crippen LogP contribution in [0.5, 0.6) is 0 Å². The molecule has 0 amide bonds. The Hall–Kier alpha value is -0.760. The van der Waals surface area contributed by atoms with Crippen molar-refractivity contribution in [3.63, 3.8) is 0 Å². The molecule has 1 heterocycles. The van der Waals surface area contributed by atoms with Gasteiger partial charge >= 0.3 is 0 Å². The van der Waals surface area contributed by atoms with Crippen molar-refractivity contribution in [2.45, 2.75) is 38.7 Å². The molecule has 0 unspecified atom stereocenters. The normalized spacial score (nSPS) is 15.9. The first-order valence-corrected chi connectivity index (χ1v) is 4.47. The van der Waals surface area contributed by atoms with Crippen molar-refractivity contribution in [1.82, 2.24) is 0 Å². The van der Waals surface area contributed by atoms with E-state index in [2.05, 4.69) is 6.92 Å². The number of aliphatic hydroxyl groups is 1. The van der Waals surface area contributed by atoms with Crippen LogP contribution in [0.1, 0.15) is 38.4 Å². The van der Waals surface area contributed by atoms with Crippen molar-refractivity contribution in [3.05, 3.63) is 24.2 Å². The minimum Gasteiger partial charge on any atom is -0.469 e. The lowest BCUT2D eigenvalue weighted by molar-refractivity contribution is 0.129. The minimum absolute atomic E-state index is 0.111. The van der Waals surface area contributed by atoms with Crippen molar-refractivity contribution >= 4 is 0 Å². The fourth-order valence-electron chi connectivity index (χ4n) is 1.29. The summed E-state index contributed by atoms with van der Waals surface area (Å²) in [6, 6.07) is 3.76. The largest absolute Gasteiger partial charge is 0.469 e. The van der Waals surface area contributed by atoms with E-state index in [1.807, 2.05) is 19.1 Å². The molecule has 1 aromatic heterocycles. The van der Waals surface area contributed by atoms with Gasteiger partial charge in [0.1, 0.15) is 5.76 Å². The molecule has 1 aromatic rings. The van der Waals surface area contributed by atoms with E-state index in [4.69, 9.17) is 4.42 Å². The predicted molar refractivity (Wildman–Crippen MR) is 48.0 cm³/mol. The van der Waals surface area contributed by atoms with E-state index in [1.165, 1.54) is 0 Å². The zero-order valence-electron chi connectivity index (χ0n) is 7.66. The van der Waals surface area contributed by atoms with Crippen molar-refractivity contribution < 1.29 is 9.52 Å². The van der Waals surface area contributed by atoms with Crippen LogP contribution in [0.25, 0.3) is 0 Å². The van der Waals surface area contributed by atoms with Gasteiger partial charge in [-0.1, -0.05) is 20.3 Å². The van der Waals surface area contributed by atoms with E-state index in [0.29, 0.717) is 0 Å². The van der Waals surface area contributed by atoms with Crippen molar-refractivity contribution in [2.75, 3.05) is 0 Å². The highest BCUT2D eigenvalue weighted by Gasteiger charge is 2.17. The molecule has 2 heteroatoms. The van der Waals surface area contributed by atoms with Crippen LogP contribution in [0, 0.1) is 0 Å². The fraction of sp³-hybridized carbons (Fsp3) is 0.600. The highest BCUT2D eigenvalue weighted by atomic mass is 16.3. The molecule has 2 atom stereocenters. The zero-order valence-corrected chi connectivity index (χ0v) is 7.66. The molecule has 68 valence electrons. The molecule has 0 saturated carbocycles. The van der Waals surface area contributed by atoms with Gasteiger partial charge in [0.15, 0.2) is 0 Å². The summed E-state index contributed by atoms with van der Waals surface area (Å²) in [5.41, 5.74) is 0. The Bertz CT molecular complexity index is 204. The fourth-order valence-corrected chi connectivity index (χ4v) is 1.29. The van der Waals surface area contributed by atoms with Gasteiger partial charge in [-0.3, -0.25) is 0 Å². The van der Waals surface area contributed by atoms with Crippen LogP contribution in [-0.2, 0) is 0 Å². The molecule has 0 aliphatic rings. The molecule has 12 heavy (non-hydrogen) atoms. The van der Waals surface area contributed by atoms with Gasteiger partial charge in [0.25, 0.3) is 0 Å². The average molecular weight is 168 g/mol. The smallest absolute Gasteiger partial charge is 0.109 e. The first-order chi connectivity index (χ1) is 5.75. The standard InChI is InChI=1S/C10H16O2/c1-3-5-9(11)8(2)10-6-4-7-12-10/h4,6-9,11H,3,5H2,1-2H3/t8-,9-/m0/s1. The van der Waals surface area contributed by atoms with E-state index < -0.39 is 0 Å². The number of aliphatic hydroxyl groups excluding tert-OH is 1. The average Bonchev–Trinajstić information content (AvgIpc) is 2.55. The summed E-state index contributed by atoms with van der Waals surface area (Å²) >= 11 is 0. The van der Waals surface area contributed by atoms with Gasteiger partial charge in [0.05, 0.1) is 12.4 Å². The van der Waals surface area contributed by atoms with E-state index >= 15 is 0 Å². The summed E-state index contributed by atoms with van der Waals surface area (Å²) in [5, 5.41) is 9.63. The van der Waals surface area contributed by atoms with Gasteiger partial charge in [-0.25, -0.2) is 0 Å². The summed E-state index contributed by atoms with van der Waals surface area (Å²) in [6.45, 7) is 4.05. The molecule has 0 saturated heterocycles. The van der Waals surface area contributed by atoms with Crippen LogP contribution in [0.2, 0.25) is 0 Å². The van der Waals surface area contributed by atoms with Crippen LogP contribution < -0.4 is 0 Å². The highest BCUT2D eigenvalue weighted by Crippen LogP contribution is 2.21. The lowest BCUT2D eigenvalue weighted by atomic mass is 9.98. The van der Waals surface area contributed by atoms with E-state index in [-0.39, 0.29) is 12.0 Å². The molecule has 0 spiro atoms. The number of furan rings is 1. The Morgan fingerprint density at radius 1 is 1.58 bits per heavy atom. The van der Waals surface area contributed by atoms with Gasteiger partial charge in [-0.2, -0.15) is 0 Å². The van der Waals surface area contributed by atoms with Crippen molar-refractivity contribution in [3.8, 4) is 0 Å². The summed E-state index contributed by atoms with van der Waals surface area (Å²) in [4.78, 5) is 0. The third kappa shape index (κ3) is 2.11. The maximum Gasteiger partial charge on any atom is 0.109 e. The third-order valence-electron chi connectivity index (χ3n) is 2.15. The molecule has 0 aromatic carbocycles. The third-order valence-corrected chi connectivity index (χ3v) is 2.15. The molecule has 0 bridgehead atoms. The summed E-state index contributed by atoms with van der Waals surface area (Å²) < 4.78 is 5.20. The Balaban J connectivity index is 2.53. The van der Waals surface area contributed by atoms with Crippen LogP contribution in [0.4, 0.5) is 0 Å². The summed E-state index contributed by atoms with van der Waals surface area (Å²) in [7, 11) is 0. The number of rotatable bonds is 4. The molecule has 0 radical (unpaired) electrons. The lowest BCUT2D eigenvalue weighted by Crippen LogP contribution is -2.14. The molecule has 0 aliphatic carbocycles. The van der Waals surface area contributed by atoms with Crippen LogP contribution in [0.15, 0.2) is 22.8 Å². The monoisotopic (exact) mass is 168 g/mol. The van der Waals surface area contributed by atoms with Gasteiger partial charge in [0, 0.05) is 5.92 Å². The Morgan fingerprint density at radius 3 is 2.83 bits per heavy atom. The van der Waals surface area contributed by atoms with E-state index in [9.17, 15) is 5.11 Å². The molecule has 2 nitrogen and oxygen atoms in total. The number of hydrogen-bond donors (Lipinski definition) is 1. The van der Waals surface area contributed by atoms with Crippen LogP contribution >= 0.6 is 0 Å². The lowest BCUT2D eigenvalue weighted by Gasteiger charge is -2.15. The maximum absolute atomic E-state index is 9.63. The second kappa shape index (κ2) is 4.31. The first kappa shape index (κ1) is 9.33. The van der Waals surface area contributed by atoms with Crippen LogP contribution in [-0.4, -0.2) is 11.2 Å². The summed E-state index contributed by atoms with van der Waals surface area (Å²) in [6.07, 6.45) is 3.21. The molecule has 0 aliphatic heterocycles. The second-order valence-electron chi connectivity index (χ2n) is 3.16. The van der Waals surface area contributed by atoms with E-state index in [0.717, 1.165) is 18.6 Å². The summed E-state index contributed by atoms with van der Waals surface area (Å²) in [5.74, 6) is 0.982. The highest BCUT2D eigenvalue weighted by molar-refractivity contribution is 5.05. The first-order valence-electron chi connectivity index (χ1n) is 4.47. The van der Waals surface area contributed by atoms with Gasteiger partial charge in [0.2, 0.25) is 0 Å². The van der Waals surface area contributed by atoms with Crippen LogP contribution in [0.3, 0.4) is 0 Å². The molecular weight excluding hydrogens is 152 g/mol. The molecule has 1 rings (SSSR count). The second-order valence-corrected chi connectivity index (χ2v) is 3.16. The topological polar surface area (TPSA) is 33.4 Å². The zero-order chi connectivity index (χ0) is 8.97.